The largest absolute Gasteiger partial charge is 0.382 e. The van der Waals surface area contributed by atoms with Crippen LogP contribution in [0, 0.1) is 0 Å². The van der Waals surface area contributed by atoms with Gasteiger partial charge in [-0.15, -0.1) is 0 Å². The Morgan fingerprint density at radius 1 is 1.45 bits per heavy atom. The molecule has 106 valence electrons. The molecule has 0 fully saturated rings. The quantitative estimate of drug-likeness (QED) is 0.532. The first-order valence-corrected chi connectivity index (χ1v) is 8.07. The third kappa shape index (κ3) is 2.52. The molecular weight excluding hydrogens is 270 g/mol. The average molecular weight is 289 g/mol. The first-order chi connectivity index (χ1) is 9.79. The number of nitrogens with two attached hydrogens (primary N) is 1. The van der Waals surface area contributed by atoms with Gasteiger partial charge in [0, 0.05) is 5.75 Å². The van der Waals surface area contributed by atoms with Gasteiger partial charge in [-0.25, -0.2) is 15.0 Å². The van der Waals surface area contributed by atoms with E-state index >= 15 is 0 Å². The highest BCUT2D eigenvalue weighted by Crippen LogP contribution is 2.28. The van der Waals surface area contributed by atoms with Crippen molar-refractivity contribution in [1.29, 1.82) is 0 Å². The molecule has 0 saturated carbocycles. The van der Waals surface area contributed by atoms with Gasteiger partial charge in [0.2, 0.25) is 0 Å². The lowest BCUT2D eigenvalue weighted by Gasteiger charge is -2.18. The molecule has 0 saturated heterocycles. The third-order valence-corrected chi connectivity index (χ3v) is 4.50. The highest BCUT2D eigenvalue weighted by molar-refractivity contribution is 7.99. The number of anilines is 1. The SMILES string of the molecule is CCCSc1nc(N)c2ncn(C3C=CCCC3)c2n1. The fraction of sp³-hybridized carbons (Fsp3) is 0.500. The first-order valence-electron chi connectivity index (χ1n) is 7.09. The summed E-state index contributed by atoms with van der Waals surface area (Å²) >= 11 is 1.65. The van der Waals surface area contributed by atoms with E-state index in [1.54, 1.807) is 11.8 Å². The van der Waals surface area contributed by atoms with E-state index in [4.69, 9.17) is 5.73 Å². The van der Waals surface area contributed by atoms with Crippen molar-refractivity contribution in [2.24, 2.45) is 0 Å². The lowest BCUT2D eigenvalue weighted by atomic mass is 10.0. The van der Waals surface area contributed by atoms with E-state index in [9.17, 15) is 0 Å². The second-order valence-electron chi connectivity index (χ2n) is 4.99. The summed E-state index contributed by atoms with van der Waals surface area (Å²) in [5.41, 5.74) is 7.58. The molecule has 2 aromatic rings. The van der Waals surface area contributed by atoms with Crippen molar-refractivity contribution in [3.8, 4) is 0 Å². The summed E-state index contributed by atoms with van der Waals surface area (Å²) in [6.07, 6.45) is 10.9. The van der Waals surface area contributed by atoms with Gasteiger partial charge in [0.05, 0.1) is 12.4 Å². The van der Waals surface area contributed by atoms with Gasteiger partial charge in [0.25, 0.3) is 0 Å². The van der Waals surface area contributed by atoms with Crippen molar-refractivity contribution < 1.29 is 0 Å². The molecule has 1 aliphatic rings. The van der Waals surface area contributed by atoms with E-state index in [1.807, 2.05) is 6.33 Å². The van der Waals surface area contributed by atoms with Gasteiger partial charge in [-0.3, -0.25) is 0 Å². The molecule has 0 amide bonds. The molecule has 0 radical (unpaired) electrons. The Morgan fingerprint density at radius 2 is 2.35 bits per heavy atom. The van der Waals surface area contributed by atoms with Gasteiger partial charge >= 0.3 is 0 Å². The zero-order chi connectivity index (χ0) is 13.9. The summed E-state index contributed by atoms with van der Waals surface area (Å²) in [6.45, 7) is 2.14. The van der Waals surface area contributed by atoms with Crippen LogP contribution in [0.1, 0.15) is 38.6 Å². The molecule has 5 nitrogen and oxygen atoms in total. The molecular formula is C14H19N5S. The van der Waals surface area contributed by atoms with Gasteiger partial charge in [-0.2, -0.15) is 0 Å². The number of nitrogen functional groups attached to an aromatic ring is 1. The summed E-state index contributed by atoms with van der Waals surface area (Å²) in [7, 11) is 0. The van der Waals surface area contributed by atoms with Crippen LogP contribution in [0.15, 0.2) is 23.6 Å². The molecule has 0 bridgehead atoms. The summed E-state index contributed by atoms with van der Waals surface area (Å²) in [4.78, 5) is 13.4. The number of allylic oxidation sites excluding steroid dienone is 2. The van der Waals surface area contributed by atoms with E-state index in [-0.39, 0.29) is 0 Å². The number of nitrogens with zero attached hydrogens (tertiary/aromatic N) is 4. The molecule has 1 unspecified atom stereocenters. The Balaban J connectivity index is 2.02. The van der Waals surface area contributed by atoms with E-state index in [0.29, 0.717) is 17.4 Å². The van der Waals surface area contributed by atoms with Crippen LogP contribution in [0.5, 0.6) is 0 Å². The van der Waals surface area contributed by atoms with Crippen molar-refractivity contribution in [3.05, 3.63) is 18.5 Å². The summed E-state index contributed by atoms with van der Waals surface area (Å²) in [5.74, 6) is 1.48. The summed E-state index contributed by atoms with van der Waals surface area (Å²) in [5, 5.41) is 0.749. The minimum absolute atomic E-state index is 0.340. The maximum absolute atomic E-state index is 6.01. The number of imidazole rings is 1. The molecule has 2 heterocycles. The number of thioether (sulfide) groups is 1. The smallest absolute Gasteiger partial charge is 0.191 e. The van der Waals surface area contributed by atoms with Crippen LogP contribution in [0.4, 0.5) is 5.82 Å². The molecule has 2 aromatic heterocycles. The lowest BCUT2D eigenvalue weighted by Crippen LogP contribution is -2.09. The van der Waals surface area contributed by atoms with E-state index in [0.717, 1.165) is 35.8 Å². The van der Waals surface area contributed by atoms with Gasteiger partial charge in [-0.05, 0) is 25.7 Å². The van der Waals surface area contributed by atoms with Gasteiger partial charge in [0.1, 0.15) is 5.52 Å². The van der Waals surface area contributed by atoms with E-state index < -0.39 is 0 Å². The predicted octanol–water partition coefficient (Wildman–Crippen LogP) is 3.19. The maximum atomic E-state index is 6.01. The molecule has 3 rings (SSSR count). The minimum Gasteiger partial charge on any atom is -0.382 e. The van der Waals surface area contributed by atoms with Crippen molar-refractivity contribution in [2.75, 3.05) is 11.5 Å². The third-order valence-electron chi connectivity index (χ3n) is 3.45. The highest BCUT2D eigenvalue weighted by atomic mass is 32.2. The summed E-state index contributed by atoms with van der Waals surface area (Å²) in [6, 6.07) is 0.340. The van der Waals surface area contributed by atoms with Crippen molar-refractivity contribution in [2.45, 2.75) is 43.8 Å². The monoisotopic (exact) mass is 289 g/mol. The standard InChI is InChI=1S/C14H19N5S/c1-2-8-20-14-17-12(15)11-13(18-14)19(9-16-11)10-6-4-3-5-7-10/h4,6,9-10H,2-3,5,7-8H2,1H3,(H2,15,17,18). The average Bonchev–Trinajstić information content (AvgIpc) is 2.90. The van der Waals surface area contributed by atoms with Crippen LogP contribution >= 0.6 is 11.8 Å². The lowest BCUT2D eigenvalue weighted by molar-refractivity contribution is 0.525. The summed E-state index contributed by atoms with van der Waals surface area (Å²) < 4.78 is 2.12. The molecule has 0 aliphatic heterocycles. The van der Waals surface area contributed by atoms with Crippen LogP contribution < -0.4 is 5.73 Å². The zero-order valence-electron chi connectivity index (χ0n) is 11.6. The van der Waals surface area contributed by atoms with Gasteiger partial charge in [0.15, 0.2) is 16.6 Å². The molecule has 0 spiro atoms. The van der Waals surface area contributed by atoms with Crippen LogP contribution in [0.3, 0.4) is 0 Å². The van der Waals surface area contributed by atoms with Crippen molar-refractivity contribution >= 4 is 28.7 Å². The minimum atomic E-state index is 0.340. The Morgan fingerprint density at radius 3 is 3.10 bits per heavy atom. The Bertz CT molecular complexity index is 634. The van der Waals surface area contributed by atoms with Crippen LogP contribution in [-0.2, 0) is 0 Å². The predicted molar refractivity (Wildman–Crippen MR) is 82.8 cm³/mol. The van der Waals surface area contributed by atoms with E-state index in [1.165, 1.54) is 6.42 Å². The normalized spacial score (nSPS) is 18.8. The number of hydrogen-bond donors (Lipinski definition) is 1. The molecule has 1 aliphatic carbocycles. The van der Waals surface area contributed by atoms with Crippen molar-refractivity contribution in [1.82, 2.24) is 19.5 Å². The fourth-order valence-electron chi connectivity index (χ4n) is 2.44. The van der Waals surface area contributed by atoms with Crippen LogP contribution in [0.2, 0.25) is 0 Å². The Hall–Kier alpha value is -1.56. The number of fused-ring (bicyclic) bond motifs is 1. The highest BCUT2D eigenvalue weighted by Gasteiger charge is 2.17. The van der Waals surface area contributed by atoms with E-state index in [2.05, 4.69) is 38.6 Å². The molecule has 6 heteroatoms. The number of rotatable bonds is 4. The van der Waals surface area contributed by atoms with Crippen LogP contribution in [0.25, 0.3) is 11.2 Å². The van der Waals surface area contributed by atoms with Crippen molar-refractivity contribution in [3.63, 3.8) is 0 Å². The molecule has 1 atom stereocenters. The maximum Gasteiger partial charge on any atom is 0.191 e. The topological polar surface area (TPSA) is 69.6 Å². The second-order valence-corrected chi connectivity index (χ2v) is 6.05. The number of aromatic nitrogens is 4. The Labute approximate surface area is 122 Å². The zero-order valence-corrected chi connectivity index (χ0v) is 12.4. The number of hydrogen-bond acceptors (Lipinski definition) is 5. The van der Waals surface area contributed by atoms with Crippen LogP contribution in [-0.4, -0.2) is 25.3 Å². The Kier molecular flexibility index (Phi) is 3.91. The molecule has 20 heavy (non-hydrogen) atoms. The second kappa shape index (κ2) is 5.83. The van der Waals surface area contributed by atoms with Gasteiger partial charge in [-0.1, -0.05) is 30.8 Å². The fourth-order valence-corrected chi connectivity index (χ4v) is 3.14. The molecule has 2 N–H and O–H groups in total. The van der Waals surface area contributed by atoms with Gasteiger partial charge < -0.3 is 10.3 Å². The molecule has 0 aromatic carbocycles. The first kappa shape index (κ1) is 13.4.